The van der Waals surface area contributed by atoms with E-state index in [-0.39, 0.29) is 25.2 Å². The first-order valence-corrected chi connectivity index (χ1v) is 9.28. The summed E-state index contributed by atoms with van der Waals surface area (Å²) < 4.78 is 11.0. The lowest BCUT2D eigenvalue weighted by molar-refractivity contribution is -0.117. The number of carbonyl (C=O) groups excluding carboxylic acids is 1. The molecular formula is C20H32N2O4. The predicted molar refractivity (Wildman–Crippen MR) is 103 cm³/mol. The molecule has 2 unspecified atom stereocenters. The number of aryl methyl sites for hydroxylation is 3. The molecule has 1 aromatic carbocycles. The average Bonchev–Trinajstić information content (AvgIpc) is 3.04. The van der Waals surface area contributed by atoms with E-state index in [4.69, 9.17) is 9.47 Å². The lowest BCUT2D eigenvalue weighted by Crippen LogP contribution is -2.37. The number of ether oxygens (including phenoxy) is 2. The second-order valence-corrected chi connectivity index (χ2v) is 7.34. The molecule has 0 aliphatic carbocycles. The number of anilines is 1. The van der Waals surface area contributed by atoms with Crippen molar-refractivity contribution in [1.82, 2.24) is 4.90 Å². The molecule has 1 aromatic rings. The van der Waals surface area contributed by atoms with E-state index in [0.29, 0.717) is 13.2 Å². The molecule has 2 rings (SSSR count). The van der Waals surface area contributed by atoms with Crippen LogP contribution in [-0.4, -0.2) is 68.1 Å². The number of aliphatic hydroxyl groups is 1. The summed E-state index contributed by atoms with van der Waals surface area (Å²) in [5.41, 5.74) is 4.16. The quantitative estimate of drug-likeness (QED) is 0.702. The van der Waals surface area contributed by atoms with Crippen LogP contribution < -0.4 is 5.32 Å². The molecule has 1 fully saturated rings. The first-order chi connectivity index (χ1) is 12.3. The molecule has 0 bridgehead atoms. The number of rotatable bonds is 9. The van der Waals surface area contributed by atoms with Gasteiger partial charge in [-0.3, -0.25) is 9.69 Å². The van der Waals surface area contributed by atoms with Crippen LogP contribution in [0.1, 0.15) is 29.5 Å². The summed E-state index contributed by atoms with van der Waals surface area (Å²) in [5, 5.41) is 13.1. The van der Waals surface area contributed by atoms with Crippen molar-refractivity contribution in [2.24, 2.45) is 0 Å². The van der Waals surface area contributed by atoms with E-state index in [1.807, 2.05) is 27.8 Å². The Morgan fingerprint density at radius 3 is 2.69 bits per heavy atom. The Morgan fingerprint density at radius 1 is 1.38 bits per heavy atom. The maximum absolute atomic E-state index is 12.3. The number of aliphatic hydroxyl groups excluding tert-OH is 1. The van der Waals surface area contributed by atoms with Crippen molar-refractivity contribution in [2.45, 2.75) is 45.8 Å². The molecule has 146 valence electrons. The summed E-state index contributed by atoms with van der Waals surface area (Å²) in [4.78, 5) is 14.1. The van der Waals surface area contributed by atoms with Gasteiger partial charge < -0.3 is 19.9 Å². The minimum Gasteiger partial charge on any atom is -0.389 e. The number of benzene rings is 1. The Kier molecular flexibility index (Phi) is 8.03. The number of hydrogen-bond donors (Lipinski definition) is 2. The van der Waals surface area contributed by atoms with Crippen molar-refractivity contribution in [1.29, 1.82) is 0 Å². The second kappa shape index (κ2) is 10.0. The van der Waals surface area contributed by atoms with Crippen molar-refractivity contribution in [2.75, 3.05) is 45.3 Å². The topological polar surface area (TPSA) is 71.0 Å². The van der Waals surface area contributed by atoms with Gasteiger partial charge in [0.25, 0.3) is 0 Å². The SMILES string of the molecule is Cc1cc(C)c(NC(=O)CN(C)CC(O)COCC2CCCO2)c(C)c1. The molecule has 0 radical (unpaired) electrons. The summed E-state index contributed by atoms with van der Waals surface area (Å²) in [6.45, 7) is 8.20. The van der Waals surface area contributed by atoms with Crippen LogP contribution >= 0.6 is 0 Å². The van der Waals surface area contributed by atoms with E-state index in [2.05, 4.69) is 17.4 Å². The highest BCUT2D eigenvalue weighted by molar-refractivity contribution is 5.93. The molecule has 2 N–H and O–H groups in total. The molecule has 6 heteroatoms. The van der Waals surface area contributed by atoms with Crippen molar-refractivity contribution >= 4 is 11.6 Å². The van der Waals surface area contributed by atoms with Crippen LogP contribution in [-0.2, 0) is 14.3 Å². The van der Waals surface area contributed by atoms with Crippen LogP contribution in [0.25, 0.3) is 0 Å². The summed E-state index contributed by atoms with van der Waals surface area (Å²) >= 11 is 0. The first kappa shape index (κ1) is 20.8. The second-order valence-electron chi connectivity index (χ2n) is 7.34. The van der Waals surface area contributed by atoms with Crippen LogP contribution in [0.2, 0.25) is 0 Å². The van der Waals surface area contributed by atoms with E-state index in [0.717, 1.165) is 36.3 Å². The molecule has 1 heterocycles. The Bertz CT molecular complexity index is 576. The summed E-state index contributed by atoms with van der Waals surface area (Å²) in [6, 6.07) is 4.11. The van der Waals surface area contributed by atoms with Crippen LogP contribution in [0.3, 0.4) is 0 Å². The zero-order chi connectivity index (χ0) is 19.1. The normalized spacial score (nSPS) is 18.3. The molecule has 1 saturated heterocycles. The van der Waals surface area contributed by atoms with Gasteiger partial charge in [-0.05, 0) is 51.8 Å². The third kappa shape index (κ3) is 6.68. The van der Waals surface area contributed by atoms with Gasteiger partial charge in [0, 0.05) is 18.8 Å². The lowest BCUT2D eigenvalue weighted by atomic mass is 10.1. The van der Waals surface area contributed by atoms with E-state index in [9.17, 15) is 9.90 Å². The molecule has 1 aliphatic heterocycles. The van der Waals surface area contributed by atoms with Crippen molar-refractivity contribution in [3.63, 3.8) is 0 Å². The predicted octanol–water partition coefficient (Wildman–Crippen LogP) is 2.04. The highest BCUT2D eigenvalue weighted by Gasteiger charge is 2.17. The number of amides is 1. The molecular weight excluding hydrogens is 332 g/mol. The zero-order valence-electron chi connectivity index (χ0n) is 16.4. The fourth-order valence-electron chi connectivity index (χ4n) is 3.39. The molecule has 0 spiro atoms. The van der Waals surface area contributed by atoms with Gasteiger partial charge in [0.1, 0.15) is 0 Å². The number of nitrogens with zero attached hydrogens (tertiary/aromatic N) is 1. The van der Waals surface area contributed by atoms with Crippen LogP contribution in [0.5, 0.6) is 0 Å². The van der Waals surface area contributed by atoms with Crippen LogP contribution in [0.15, 0.2) is 12.1 Å². The third-order valence-electron chi connectivity index (χ3n) is 4.52. The van der Waals surface area contributed by atoms with Crippen molar-refractivity contribution in [3.05, 3.63) is 28.8 Å². The first-order valence-electron chi connectivity index (χ1n) is 9.28. The molecule has 1 aliphatic rings. The Labute approximate surface area is 156 Å². The Hall–Kier alpha value is -1.47. The van der Waals surface area contributed by atoms with Gasteiger partial charge in [0.2, 0.25) is 5.91 Å². The van der Waals surface area contributed by atoms with Gasteiger partial charge >= 0.3 is 0 Å². The average molecular weight is 364 g/mol. The van der Waals surface area contributed by atoms with E-state index in [1.54, 1.807) is 4.90 Å². The van der Waals surface area contributed by atoms with E-state index < -0.39 is 6.10 Å². The highest BCUT2D eigenvalue weighted by atomic mass is 16.5. The van der Waals surface area contributed by atoms with Gasteiger partial charge in [-0.2, -0.15) is 0 Å². The van der Waals surface area contributed by atoms with Gasteiger partial charge in [0.15, 0.2) is 0 Å². The number of hydrogen-bond acceptors (Lipinski definition) is 5. The number of nitrogens with one attached hydrogen (secondary N) is 1. The molecule has 26 heavy (non-hydrogen) atoms. The van der Waals surface area contributed by atoms with Gasteiger partial charge in [-0.25, -0.2) is 0 Å². The van der Waals surface area contributed by atoms with Crippen LogP contribution in [0.4, 0.5) is 5.69 Å². The van der Waals surface area contributed by atoms with E-state index >= 15 is 0 Å². The van der Waals surface area contributed by atoms with E-state index in [1.165, 1.54) is 5.56 Å². The summed E-state index contributed by atoms with van der Waals surface area (Å²) in [7, 11) is 1.82. The van der Waals surface area contributed by atoms with Crippen molar-refractivity contribution in [3.8, 4) is 0 Å². The van der Waals surface area contributed by atoms with Crippen LogP contribution in [0, 0.1) is 20.8 Å². The van der Waals surface area contributed by atoms with Gasteiger partial charge in [-0.15, -0.1) is 0 Å². The minimum atomic E-state index is -0.628. The zero-order valence-corrected chi connectivity index (χ0v) is 16.4. The summed E-state index contributed by atoms with van der Waals surface area (Å²) in [5.74, 6) is -0.0879. The fourth-order valence-corrected chi connectivity index (χ4v) is 3.39. The summed E-state index contributed by atoms with van der Waals surface area (Å²) in [6.07, 6.45) is 1.63. The maximum Gasteiger partial charge on any atom is 0.238 e. The minimum absolute atomic E-state index is 0.0879. The highest BCUT2D eigenvalue weighted by Crippen LogP contribution is 2.21. The number of carbonyl (C=O) groups is 1. The Morgan fingerprint density at radius 2 is 2.08 bits per heavy atom. The van der Waals surface area contributed by atoms with Gasteiger partial charge in [0.05, 0.1) is 32.0 Å². The monoisotopic (exact) mass is 364 g/mol. The van der Waals surface area contributed by atoms with Crippen molar-refractivity contribution < 1.29 is 19.4 Å². The largest absolute Gasteiger partial charge is 0.389 e. The standard InChI is InChI=1S/C20H32N2O4/c1-14-8-15(2)20(16(3)9-14)21-19(24)11-22(4)10-17(23)12-25-13-18-6-5-7-26-18/h8-9,17-18,23H,5-7,10-13H2,1-4H3,(H,21,24). The number of likely N-dealkylation sites (N-methyl/N-ethyl adjacent to an activating group) is 1. The Balaban J connectivity index is 1.71. The smallest absolute Gasteiger partial charge is 0.238 e. The molecule has 0 aromatic heterocycles. The fraction of sp³-hybridized carbons (Fsp3) is 0.650. The maximum atomic E-state index is 12.3. The molecule has 2 atom stereocenters. The molecule has 1 amide bonds. The third-order valence-corrected chi connectivity index (χ3v) is 4.52. The molecule has 0 saturated carbocycles. The van der Waals surface area contributed by atoms with Gasteiger partial charge in [-0.1, -0.05) is 17.7 Å². The molecule has 6 nitrogen and oxygen atoms in total. The lowest BCUT2D eigenvalue weighted by Gasteiger charge is -2.21.